The number of aromatic nitrogens is 2. The van der Waals surface area contributed by atoms with Crippen molar-refractivity contribution in [3.8, 4) is 5.75 Å². The third kappa shape index (κ3) is 5.85. The lowest BCUT2D eigenvalue weighted by Gasteiger charge is -2.07. The quantitative estimate of drug-likeness (QED) is 0.386. The highest BCUT2D eigenvalue weighted by molar-refractivity contribution is 7.91. The lowest BCUT2D eigenvalue weighted by Crippen LogP contribution is -2.28. The van der Waals surface area contributed by atoms with Crippen LogP contribution < -0.4 is 14.8 Å². The molecule has 30 heavy (non-hydrogen) atoms. The minimum atomic E-state index is -3.85. The van der Waals surface area contributed by atoms with Crippen molar-refractivity contribution in [2.75, 3.05) is 18.5 Å². The van der Waals surface area contributed by atoms with Gasteiger partial charge in [-0.05, 0) is 43.2 Å². The van der Waals surface area contributed by atoms with E-state index in [0.717, 1.165) is 23.3 Å². The lowest BCUT2D eigenvalue weighted by atomic mass is 10.1. The number of aryl methyl sites for hydroxylation is 2. The predicted molar refractivity (Wildman–Crippen MR) is 116 cm³/mol. The number of rotatable bonds is 9. The molecule has 1 heterocycles. The van der Waals surface area contributed by atoms with E-state index in [4.69, 9.17) is 4.74 Å². The number of nitrogens with one attached hydrogen (secondary N) is 2. The van der Waals surface area contributed by atoms with Gasteiger partial charge in [0.15, 0.2) is 0 Å². The van der Waals surface area contributed by atoms with Gasteiger partial charge in [0.2, 0.25) is 9.47 Å². The van der Waals surface area contributed by atoms with Gasteiger partial charge in [-0.3, -0.25) is 10.1 Å². The maximum absolute atomic E-state index is 12.4. The molecule has 0 atom stereocenters. The van der Waals surface area contributed by atoms with Crippen molar-refractivity contribution in [2.24, 2.45) is 0 Å². The number of ether oxygens (including phenoxy) is 1. The summed E-state index contributed by atoms with van der Waals surface area (Å²) in [6, 6.07) is 14.7. The molecule has 2 aromatic carbocycles. The molecule has 0 bridgehead atoms. The van der Waals surface area contributed by atoms with Gasteiger partial charge in [-0.1, -0.05) is 48.1 Å². The zero-order valence-corrected chi connectivity index (χ0v) is 18.2. The summed E-state index contributed by atoms with van der Waals surface area (Å²) in [6.45, 7) is 4.18. The third-order valence-corrected chi connectivity index (χ3v) is 6.80. The first kappa shape index (κ1) is 21.9. The second-order valence-electron chi connectivity index (χ2n) is 6.44. The van der Waals surface area contributed by atoms with E-state index in [2.05, 4.69) is 27.2 Å². The fourth-order valence-corrected chi connectivity index (χ4v) is 4.50. The Morgan fingerprint density at radius 3 is 2.60 bits per heavy atom. The van der Waals surface area contributed by atoms with Crippen LogP contribution in [0.4, 0.5) is 5.13 Å². The van der Waals surface area contributed by atoms with Gasteiger partial charge in [0.1, 0.15) is 12.4 Å². The van der Waals surface area contributed by atoms with E-state index >= 15 is 0 Å². The van der Waals surface area contributed by atoms with Crippen LogP contribution in [0.25, 0.3) is 0 Å². The number of carbonyl (C=O) groups excluding carboxylic acids is 1. The fourth-order valence-electron chi connectivity index (χ4n) is 2.55. The highest BCUT2D eigenvalue weighted by Crippen LogP contribution is 2.20. The van der Waals surface area contributed by atoms with Crippen molar-refractivity contribution in [3.63, 3.8) is 0 Å². The molecule has 0 aliphatic rings. The lowest BCUT2D eigenvalue weighted by molar-refractivity contribution is 0.102. The molecule has 0 unspecified atom stereocenters. The number of benzene rings is 2. The summed E-state index contributed by atoms with van der Waals surface area (Å²) in [5.74, 6) is 0.290. The third-order valence-electron chi connectivity index (χ3n) is 4.13. The molecule has 0 fully saturated rings. The molecule has 0 saturated carbocycles. The molecule has 0 saturated heterocycles. The standard InChI is InChI=1S/C20H22N4O4S2/c1-3-15-7-9-17(10-8-15)28-12-11-21-30(26,27)20-24-23-19(29-20)22-18(25)16-6-4-5-14(2)13-16/h4-10,13,21H,3,11-12H2,1-2H3,(H,22,23,25). The summed E-state index contributed by atoms with van der Waals surface area (Å²) < 4.78 is 32.5. The summed E-state index contributed by atoms with van der Waals surface area (Å²) in [4.78, 5) is 12.3. The van der Waals surface area contributed by atoms with Gasteiger partial charge in [-0.15, -0.1) is 10.2 Å². The first-order valence-corrected chi connectivity index (χ1v) is 11.6. The smallest absolute Gasteiger partial charge is 0.269 e. The molecule has 0 aliphatic heterocycles. The Kier molecular flexibility index (Phi) is 7.14. The molecule has 3 aromatic rings. The van der Waals surface area contributed by atoms with Crippen LogP contribution in [-0.4, -0.2) is 37.7 Å². The van der Waals surface area contributed by atoms with Gasteiger partial charge >= 0.3 is 0 Å². The normalized spacial score (nSPS) is 11.3. The van der Waals surface area contributed by atoms with E-state index in [-0.39, 0.29) is 28.5 Å². The van der Waals surface area contributed by atoms with Crippen LogP contribution in [-0.2, 0) is 16.4 Å². The summed E-state index contributed by atoms with van der Waals surface area (Å²) in [7, 11) is -3.85. The van der Waals surface area contributed by atoms with Crippen molar-refractivity contribution in [3.05, 3.63) is 65.2 Å². The van der Waals surface area contributed by atoms with Crippen LogP contribution in [0.15, 0.2) is 52.9 Å². The average molecular weight is 447 g/mol. The molecule has 0 radical (unpaired) electrons. The molecule has 1 aromatic heterocycles. The summed E-state index contributed by atoms with van der Waals surface area (Å²) >= 11 is 0.780. The Morgan fingerprint density at radius 1 is 1.13 bits per heavy atom. The number of anilines is 1. The van der Waals surface area contributed by atoms with E-state index in [1.54, 1.807) is 18.2 Å². The molecule has 0 spiro atoms. The summed E-state index contributed by atoms with van der Waals surface area (Å²) in [6.07, 6.45) is 0.940. The Balaban J connectivity index is 1.52. The second-order valence-corrected chi connectivity index (χ2v) is 9.36. The molecule has 158 valence electrons. The van der Waals surface area contributed by atoms with E-state index in [1.165, 1.54) is 5.56 Å². The van der Waals surface area contributed by atoms with Gasteiger partial charge in [-0.25, -0.2) is 13.1 Å². The number of nitrogens with zero attached hydrogens (tertiary/aromatic N) is 2. The van der Waals surface area contributed by atoms with Crippen molar-refractivity contribution in [2.45, 2.75) is 24.6 Å². The first-order valence-electron chi connectivity index (χ1n) is 9.30. The number of sulfonamides is 1. The number of hydrogen-bond acceptors (Lipinski definition) is 7. The zero-order chi connectivity index (χ0) is 21.6. The SMILES string of the molecule is CCc1ccc(OCCNS(=O)(=O)c2nnc(NC(=O)c3cccc(C)c3)s2)cc1. The van der Waals surface area contributed by atoms with Crippen LogP contribution in [0.1, 0.15) is 28.4 Å². The van der Waals surface area contributed by atoms with Crippen LogP contribution in [0.2, 0.25) is 0 Å². The van der Waals surface area contributed by atoms with Crippen LogP contribution in [0, 0.1) is 6.92 Å². The molecule has 1 amide bonds. The zero-order valence-electron chi connectivity index (χ0n) is 16.6. The summed E-state index contributed by atoms with van der Waals surface area (Å²) in [5, 5.41) is 10.1. The van der Waals surface area contributed by atoms with Crippen LogP contribution in [0.5, 0.6) is 5.75 Å². The van der Waals surface area contributed by atoms with E-state index in [1.807, 2.05) is 37.3 Å². The first-order chi connectivity index (χ1) is 14.4. The molecule has 3 rings (SSSR count). The van der Waals surface area contributed by atoms with Gasteiger partial charge in [0.05, 0.1) is 0 Å². The van der Waals surface area contributed by atoms with E-state index in [9.17, 15) is 13.2 Å². The van der Waals surface area contributed by atoms with Crippen molar-refractivity contribution in [1.82, 2.24) is 14.9 Å². The number of amides is 1. The number of hydrogen-bond donors (Lipinski definition) is 2. The Hall–Kier alpha value is -2.82. The molecule has 10 heteroatoms. The van der Waals surface area contributed by atoms with Gasteiger partial charge in [-0.2, -0.15) is 0 Å². The average Bonchev–Trinajstić information content (AvgIpc) is 3.21. The largest absolute Gasteiger partial charge is 0.492 e. The molecule has 8 nitrogen and oxygen atoms in total. The fraction of sp³-hybridized carbons (Fsp3) is 0.250. The monoisotopic (exact) mass is 446 g/mol. The minimum Gasteiger partial charge on any atom is -0.492 e. The Bertz CT molecular complexity index is 1110. The van der Waals surface area contributed by atoms with Crippen LogP contribution in [0.3, 0.4) is 0 Å². The second kappa shape index (κ2) is 9.79. The summed E-state index contributed by atoms with van der Waals surface area (Å²) in [5.41, 5.74) is 2.59. The van der Waals surface area contributed by atoms with Gasteiger partial charge in [0, 0.05) is 12.1 Å². The topological polar surface area (TPSA) is 110 Å². The van der Waals surface area contributed by atoms with Crippen molar-refractivity contribution >= 4 is 32.4 Å². The maximum Gasteiger partial charge on any atom is 0.269 e. The van der Waals surface area contributed by atoms with E-state index in [0.29, 0.717) is 11.3 Å². The molecular formula is C20H22N4O4S2. The highest BCUT2D eigenvalue weighted by atomic mass is 32.2. The minimum absolute atomic E-state index is 0.0719. The Morgan fingerprint density at radius 2 is 1.90 bits per heavy atom. The van der Waals surface area contributed by atoms with Crippen molar-refractivity contribution < 1.29 is 17.9 Å². The molecule has 0 aliphatic carbocycles. The Labute approximate surface area is 179 Å². The van der Waals surface area contributed by atoms with Crippen LogP contribution >= 0.6 is 11.3 Å². The predicted octanol–water partition coefficient (Wildman–Crippen LogP) is 3.02. The molecule has 2 N–H and O–H groups in total. The highest BCUT2D eigenvalue weighted by Gasteiger charge is 2.21. The van der Waals surface area contributed by atoms with E-state index < -0.39 is 10.0 Å². The van der Waals surface area contributed by atoms with Gasteiger partial charge in [0.25, 0.3) is 15.9 Å². The van der Waals surface area contributed by atoms with Crippen molar-refractivity contribution in [1.29, 1.82) is 0 Å². The molecular weight excluding hydrogens is 424 g/mol. The van der Waals surface area contributed by atoms with Gasteiger partial charge < -0.3 is 4.74 Å². The maximum atomic E-state index is 12.4. The number of carbonyl (C=O) groups is 1.